The first-order valence-electron chi connectivity index (χ1n) is 4.54. The molecule has 2 rings (SSSR count). The zero-order chi connectivity index (χ0) is 10.8. The molecule has 0 spiro atoms. The van der Waals surface area contributed by atoms with Gasteiger partial charge >= 0.3 is 0 Å². The Morgan fingerprint density at radius 2 is 2.20 bits per heavy atom. The topological polar surface area (TPSA) is 76.8 Å². The molecule has 78 valence electrons. The molecule has 5 heteroatoms. The highest BCUT2D eigenvalue weighted by Crippen LogP contribution is 2.32. The standard InChI is InChI=1S/C10H12N4O/c1-6-12-10(14-13-6)7-4-3-5-8(11)9(7)15-2/h3-5H,11H2,1-2H3,(H,12,13,14). The number of ether oxygens (including phenoxy) is 1. The van der Waals surface area contributed by atoms with Gasteiger partial charge in [-0.2, -0.15) is 5.10 Å². The average molecular weight is 204 g/mol. The average Bonchev–Trinajstić information content (AvgIpc) is 2.64. The van der Waals surface area contributed by atoms with Crippen LogP contribution in [0.15, 0.2) is 18.2 Å². The lowest BCUT2D eigenvalue weighted by atomic mass is 10.1. The Morgan fingerprint density at radius 3 is 2.80 bits per heavy atom. The van der Waals surface area contributed by atoms with Crippen molar-refractivity contribution in [2.75, 3.05) is 12.8 Å². The smallest absolute Gasteiger partial charge is 0.184 e. The van der Waals surface area contributed by atoms with E-state index in [-0.39, 0.29) is 0 Å². The van der Waals surface area contributed by atoms with Gasteiger partial charge in [-0.25, -0.2) is 4.98 Å². The summed E-state index contributed by atoms with van der Waals surface area (Å²) in [5, 5.41) is 6.84. The van der Waals surface area contributed by atoms with Crippen LogP contribution in [0.25, 0.3) is 11.4 Å². The van der Waals surface area contributed by atoms with Gasteiger partial charge in [0.15, 0.2) is 11.6 Å². The molecule has 2 aromatic rings. The van der Waals surface area contributed by atoms with Gasteiger partial charge in [0.05, 0.1) is 18.4 Å². The zero-order valence-electron chi connectivity index (χ0n) is 8.61. The summed E-state index contributed by atoms with van der Waals surface area (Å²) in [4.78, 5) is 4.23. The van der Waals surface area contributed by atoms with Gasteiger partial charge in [-0.15, -0.1) is 0 Å². The molecule has 0 amide bonds. The molecule has 0 atom stereocenters. The van der Waals surface area contributed by atoms with E-state index in [1.807, 2.05) is 19.1 Å². The molecule has 0 saturated heterocycles. The minimum absolute atomic E-state index is 0.581. The van der Waals surface area contributed by atoms with Crippen LogP contribution in [0.3, 0.4) is 0 Å². The van der Waals surface area contributed by atoms with Crippen molar-refractivity contribution in [2.24, 2.45) is 0 Å². The number of rotatable bonds is 2. The number of anilines is 1. The monoisotopic (exact) mass is 204 g/mol. The minimum Gasteiger partial charge on any atom is -0.494 e. The molecule has 1 aromatic carbocycles. The largest absolute Gasteiger partial charge is 0.494 e. The Labute approximate surface area is 87.3 Å². The highest BCUT2D eigenvalue weighted by atomic mass is 16.5. The maximum atomic E-state index is 5.79. The first kappa shape index (κ1) is 9.51. The van der Waals surface area contributed by atoms with Crippen molar-refractivity contribution in [1.29, 1.82) is 0 Å². The second-order valence-corrected chi connectivity index (χ2v) is 3.17. The van der Waals surface area contributed by atoms with Gasteiger partial charge in [0.25, 0.3) is 0 Å². The van der Waals surface area contributed by atoms with E-state index in [4.69, 9.17) is 10.5 Å². The number of para-hydroxylation sites is 1. The second kappa shape index (κ2) is 3.61. The van der Waals surface area contributed by atoms with Crippen LogP contribution in [-0.4, -0.2) is 22.3 Å². The molecule has 0 aliphatic carbocycles. The molecule has 0 fully saturated rings. The number of hydrogen-bond donors (Lipinski definition) is 2. The molecule has 1 aromatic heterocycles. The Balaban J connectivity index is 2.57. The van der Waals surface area contributed by atoms with Crippen LogP contribution >= 0.6 is 0 Å². The highest BCUT2D eigenvalue weighted by Gasteiger charge is 2.12. The van der Waals surface area contributed by atoms with Gasteiger partial charge in [-0.05, 0) is 19.1 Å². The predicted molar refractivity (Wildman–Crippen MR) is 57.5 cm³/mol. The quantitative estimate of drug-likeness (QED) is 0.724. The number of benzene rings is 1. The number of nitrogens with one attached hydrogen (secondary N) is 1. The molecule has 0 aliphatic heterocycles. The van der Waals surface area contributed by atoms with Crippen molar-refractivity contribution in [3.8, 4) is 17.1 Å². The number of methoxy groups -OCH3 is 1. The van der Waals surface area contributed by atoms with E-state index >= 15 is 0 Å². The molecular weight excluding hydrogens is 192 g/mol. The molecule has 0 aliphatic rings. The number of aryl methyl sites for hydroxylation is 1. The number of H-pyrrole nitrogens is 1. The van der Waals surface area contributed by atoms with Gasteiger partial charge in [-0.3, -0.25) is 5.10 Å². The molecule has 3 N–H and O–H groups in total. The summed E-state index contributed by atoms with van der Waals surface area (Å²) in [7, 11) is 1.58. The first-order chi connectivity index (χ1) is 7.22. The fourth-order valence-corrected chi connectivity index (χ4v) is 1.42. The number of nitrogens with zero attached hydrogens (tertiary/aromatic N) is 2. The normalized spacial score (nSPS) is 10.3. The van der Waals surface area contributed by atoms with Gasteiger partial charge in [0.2, 0.25) is 0 Å². The molecule has 0 radical (unpaired) electrons. The summed E-state index contributed by atoms with van der Waals surface area (Å²) in [6.07, 6.45) is 0. The van der Waals surface area contributed by atoms with E-state index in [9.17, 15) is 0 Å². The third kappa shape index (κ3) is 1.63. The lowest BCUT2D eigenvalue weighted by Crippen LogP contribution is -1.95. The van der Waals surface area contributed by atoms with Crippen LogP contribution < -0.4 is 10.5 Å². The van der Waals surface area contributed by atoms with Crippen LogP contribution in [0, 0.1) is 6.92 Å². The molecule has 15 heavy (non-hydrogen) atoms. The van der Waals surface area contributed by atoms with Crippen molar-refractivity contribution in [1.82, 2.24) is 15.2 Å². The van der Waals surface area contributed by atoms with Gasteiger partial charge < -0.3 is 10.5 Å². The van der Waals surface area contributed by atoms with Crippen molar-refractivity contribution in [3.63, 3.8) is 0 Å². The lowest BCUT2D eigenvalue weighted by Gasteiger charge is -2.07. The summed E-state index contributed by atoms with van der Waals surface area (Å²) >= 11 is 0. The summed E-state index contributed by atoms with van der Waals surface area (Å²) in [5.41, 5.74) is 7.16. The maximum absolute atomic E-state index is 5.79. The molecule has 0 saturated carbocycles. The highest BCUT2D eigenvalue weighted by molar-refractivity contribution is 5.72. The summed E-state index contributed by atoms with van der Waals surface area (Å²) < 4.78 is 5.22. The fourth-order valence-electron chi connectivity index (χ4n) is 1.42. The van der Waals surface area contributed by atoms with Crippen molar-refractivity contribution in [2.45, 2.75) is 6.92 Å². The van der Waals surface area contributed by atoms with E-state index < -0.39 is 0 Å². The second-order valence-electron chi connectivity index (χ2n) is 3.17. The zero-order valence-corrected chi connectivity index (χ0v) is 8.61. The van der Waals surface area contributed by atoms with Crippen molar-refractivity contribution >= 4 is 5.69 Å². The van der Waals surface area contributed by atoms with E-state index in [0.29, 0.717) is 17.3 Å². The van der Waals surface area contributed by atoms with Gasteiger partial charge in [-0.1, -0.05) is 6.07 Å². The molecular formula is C10H12N4O. The van der Waals surface area contributed by atoms with Crippen molar-refractivity contribution in [3.05, 3.63) is 24.0 Å². The summed E-state index contributed by atoms with van der Waals surface area (Å²) in [6.45, 7) is 1.84. The minimum atomic E-state index is 0.581. The Kier molecular flexibility index (Phi) is 2.29. The van der Waals surface area contributed by atoms with Crippen LogP contribution in [0.5, 0.6) is 5.75 Å². The number of aromatic amines is 1. The fraction of sp³-hybridized carbons (Fsp3) is 0.200. The van der Waals surface area contributed by atoms with Crippen LogP contribution in [0.1, 0.15) is 5.82 Å². The maximum Gasteiger partial charge on any atom is 0.184 e. The Morgan fingerprint density at radius 1 is 1.40 bits per heavy atom. The number of hydrogen-bond acceptors (Lipinski definition) is 4. The van der Waals surface area contributed by atoms with Gasteiger partial charge in [0.1, 0.15) is 5.82 Å². The number of nitrogen functional groups attached to an aromatic ring is 1. The predicted octanol–water partition coefficient (Wildman–Crippen LogP) is 1.37. The Bertz CT molecular complexity index is 478. The SMILES string of the molecule is COc1c(N)cccc1-c1n[nH]c(C)n1. The van der Waals surface area contributed by atoms with E-state index in [1.165, 1.54) is 0 Å². The van der Waals surface area contributed by atoms with Crippen molar-refractivity contribution < 1.29 is 4.74 Å². The number of aromatic nitrogens is 3. The molecule has 0 bridgehead atoms. The molecule has 5 nitrogen and oxygen atoms in total. The van der Waals surface area contributed by atoms with E-state index in [0.717, 1.165) is 11.4 Å². The van der Waals surface area contributed by atoms with E-state index in [2.05, 4.69) is 15.2 Å². The van der Waals surface area contributed by atoms with E-state index in [1.54, 1.807) is 13.2 Å². The third-order valence-electron chi connectivity index (χ3n) is 2.09. The number of nitrogens with two attached hydrogens (primary N) is 1. The summed E-state index contributed by atoms with van der Waals surface area (Å²) in [5.74, 6) is 1.96. The van der Waals surface area contributed by atoms with Crippen LogP contribution in [0.4, 0.5) is 5.69 Å². The van der Waals surface area contributed by atoms with Crippen LogP contribution in [-0.2, 0) is 0 Å². The Hall–Kier alpha value is -2.04. The molecule has 0 unspecified atom stereocenters. The van der Waals surface area contributed by atoms with Crippen LogP contribution in [0.2, 0.25) is 0 Å². The molecule has 1 heterocycles. The first-order valence-corrected chi connectivity index (χ1v) is 4.54. The third-order valence-corrected chi connectivity index (χ3v) is 2.09. The van der Waals surface area contributed by atoms with Gasteiger partial charge in [0, 0.05) is 0 Å². The summed E-state index contributed by atoms with van der Waals surface area (Å²) in [6, 6.07) is 5.50. The lowest BCUT2D eigenvalue weighted by molar-refractivity contribution is 0.418.